The molecular weight excluding hydrogens is 310 g/mol. The molecule has 2 atom stereocenters. The van der Waals surface area contributed by atoms with Gasteiger partial charge in [0.05, 0.1) is 11.3 Å². The van der Waals surface area contributed by atoms with Gasteiger partial charge in [0.25, 0.3) is 0 Å². The predicted molar refractivity (Wildman–Crippen MR) is 84.8 cm³/mol. The van der Waals surface area contributed by atoms with Crippen molar-refractivity contribution in [2.45, 2.75) is 25.3 Å². The van der Waals surface area contributed by atoms with E-state index in [1.807, 2.05) is 13.1 Å². The predicted octanol–water partition coefficient (Wildman–Crippen LogP) is 2.06. The third kappa shape index (κ3) is 4.39. The molecule has 2 unspecified atom stereocenters. The summed E-state index contributed by atoms with van der Waals surface area (Å²) in [5, 5.41) is 3.93. The molecule has 21 heavy (non-hydrogen) atoms. The first-order chi connectivity index (χ1) is 9.91. The van der Waals surface area contributed by atoms with E-state index in [0.29, 0.717) is 24.0 Å². The highest BCUT2D eigenvalue weighted by molar-refractivity contribution is 7.88. The quantitative estimate of drug-likeness (QED) is 0.897. The van der Waals surface area contributed by atoms with Crippen molar-refractivity contribution >= 4 is 21.6 Å². The van der Waals surface area contributed by atoms with Crippen molar-refractivity contribution in [3.63, 3.8) is 0 Å². The van der Waals surface area contributed by atoms with E-state index in [2.05, 4.69) is 10.3 Å². The summed E-state index contributed by atoms with van der Waals surface area (Å²) in [6.07, 6.45) is 7.49. The third-order valence-electron chi connectivity index (χ3n) is 4.05. The number of pyridine rings is 1. The van der Waals surface area contributed by atoms with Crippen molar-refractivity contribution in [3.8, 4) is 0 Å². The Morgan fingerprint density at radius 2 is 2.33 bits per heavy atom. The van der Waals surface area contributed by atoms with Crippen LogP contribution in [-0.2, 0) is 10.0 Å². The molecule has 0 bridgehead atoms. The number of halogens is 1. The van der Waals surface area contributed by atoms with Gasteiger partial charge in [-0.25, -0.2) is 12.7 Å². The Labute approximate surface area is 131 Å². The van der Waals surface area contributed by atoms with Gasteiger partial charge < -0.3 is 5.32 Å². The molecular formula is C14H22ClN3O2S. The zero-order valence-corrected chi connectivity index (χ0v) is 14.0. The highest BCUT2D eigenvalue weighted by Crippen LogP contribution is 2.31. The maximum absolute atomic E-state index is 11.7. The fourth-order valence-corrected chi connectivity index (χ4v) is 4.12. The van der Waals surface area contributed by atoms with Crippen LogP contribution in [0.25, 0.3) is 0 Å². The number of piperidine rings is 1. The van der Waals surface area contributed by atoms with Gasteiger partial charge in [-0.3, -0.25) is 4.98 Å². The summed E-state index contributed by atoms with van der Waals surface area (Å²) in [6.45, 7) is 1.23. The van der Waals surface area contributed by atoms with Crippen LogP contribution in [0.3, 0.4) is 0 Å². The molecule has 1 aromatic heterocycles. The molecule has 1 fully saturated rings. The summed E-state index contributed by atoms with van der Waals surface area (Å²) >= 11 is 6.21. The summed E-state index contributed by atoms with van der Waals surface area (Å²) < 4.78 is 25.0. The van der Waals surface area contributed by atoms with Crippen molar-refractivity contribution in [2.75, 3.05) is 26.4 Å². The van der Waals surface area contributed by atoms with Gasteiger partial charge in [0.15, 0.2) is 0 Å². The molecule has 0 aliphatic carbocycles. The molecule has 0 saturated carbocycles. The summed E-state index contributed by atoms with van der Waals surface area (Å²) in [4.78, 5) is 4.01. The van der Waals surface area contributed by atoms with Crippen LogP contribution < -0.4 is 5.32 Å². The van der Waals surface area contributed by atoms with E-state index < -0.39 is 10.0 Å². The van der Waals surface area contributed by atoms with Crippen molar-refractivity contribution in [1.82, 2.24) is 14.6 Å². The molecule has 5 nitrogen and oxygen atoms in total. The standard InChI is InChI=1S/C14H22ClN3O2S/c1-16-14(12-5-6-17-9-13(12)15)8-11-4-3-7-18(10-11)21(2,19)20/h5-6,9,11,14,16H,3-4,7-8,10H2,1-2H3. The third-order valence-corrected chi connectivity index (χ3v) is 5.63. The van der Waals surface area contributed by atoms with Crippen molar-refractivity contribution < 1.29 is 8.42 Å². The van der Waals surface area contributed by atoms with Gasteiger partial charge in [-0.15, -0.1) is 0 Å². The number of rotatable bonds is 5. The average molecular weight is 332 g/mol. The van der Waals surface area contributed by atoms with Crippen LogP contribution in [0.1, 0.15) is 30.9 Å². The fourth-order valence-electron chi connectivity index (χ4n) is 2.92. The number of hydrogen-bond donors (Lipinski definition) is 1. The second-order valence-electron chi connectivity index (χ2n) is 5.60. The number of aromatic nitrogens is 1. The Kier molecular flexibility index (Phi) is 5.60. The van der Waals surface area contributed by atoms with Gasteiger partial charge in [-0.05, 0) is 43.9 Å². The van der Waals surface area contributed by atoms with Gasteiger partial charge in [-0.2, -0.15) is 0 Å². The molecule has 1 aliphatic rings. The second kappa shape index (κ2) is 7.05. The Balaban J connectivity index is 2.07. The highest BCUT2D eigenvalue weighted by Gasteiger charge is 2.28. The molecule has 1 N–H and O–H groups in total. The Morgan fingerprint density at radius 3 is 2.95 bits per heavy atom. The molecule has 0 amide bonds. The zero-order valence-electron chi connectivity index (χ0n) is 12.4. The van der Waals surface area contributed by atoms with Crippen LogP contribution in [-0.4, -0.2) is 44.1 Å². The molecule has 1 aliphatic heterocycles. The first kappa shape index (κ1) is 16.7. The largest absolute Gasteiger partial charge is 0.313 e. The van der Waals surface area contributed by atoms with E-state index in [9.17, 15) is 8.42 Å². The van der Waals surface area contributed by atoms with Crippen molar-refractivity contribution in [1.29, 1.82) is 0 Å². The lowest BCUT2D eigenvalue weighted by molar-refractivity contribution is 0.240. The summed E-state index contributed by atoms with van der Waals surface area (Å²) in [5.41, 5.74) is 1.02. The molecule has 2 rings (SSSR count). The number of nitrogens with zero attached hydrogens (tertiary/aromatic N) is 2. The van der Waals surface area contributed by atoms with Crippen LogP contribution in [0.5, 0.6) is 0 Å². The summed E-state index contributed by atoms with van der Waals surface area (Å²) in [7, 11) is -1.20. The van der Waals surface area contributed by atoms with E-state index in [4.69, 9.17) is 11.6 Å². The molecule has 1 aromatic rings. The lowest BCUT2D eigenvalue weighted by Gasteiger charge is -2.33. The van der Waals surface area contributed by atoms with Crippen LogP contribution in [0.2, 0.25) is 5.02 Å². The normalized spacial score (nSPS) is 22.1. The van der Waals surface area contributed by atoms with Crippen molar-refractivity contribution in [3.05, 3.63) is 29.0 Å². The number of nitrogens with one attached hydrogen (secondary N) is 1. The Hall–Kier alpha value is -0.690. The molecule has 7 heteroatoms. The zero-order chi connectivity index (χ0) is 15.5. The fraction of sp³-hybridized carbons (Fsp3) is 0.643. The molecule has 0 radical (unpaired) electrons. The highest BCUT2D eigenvalue weighted by atomic mass is 35.5. The summed E-state index contributed by atoms with van der Waals surface area (Å²) in [5.74, 6) is 0.343. The van der Waals surface area contributed by atoms with Gasteiger partial charge in [0, 0.05) is 31.5 Å². The molecule has 0 aromatic carbocycles. The van der Waals surface area contributed by atoms with E-state index in [-0.39, 0.29) is 6.04 Å². The number of hydrogen-bond acceptors (Lipinski definition) is 4. The first-order valence-electron chi connectivity index (χ1n) is 7.13. The van der Waals surface area contributed by atoms with Crippen LogP contribution in [0.4, 0.5) is 0 Å². The SMILES string of the molecule is CNC(CC1CCCN(S(C)(=O)=O)C1)c1ccncc1Cl. The molecule has 2 heterocycles. The van der Waals surface area contributed by atoms with Crippen molar-refractivity contribution in [2.24, 2.45) is 5.92 Å². The van der Waals surface area contributed by atoms with Gasteiger partial charge in [-0.1, -0.05) is 11.6 Å². The lowest BCUT2D eigenvalue weighted by Crippen LogP contribution is -2.40. The van der Waals surface area contributed by atoms with Gasteiger partial charge >= 0.3 is 0 Å². The molecule has 1 saturated heterocycles. The average Bonchev–Trinajstić information content (AvgIpc) is 2.45. The minimum Gasteiger partial charge on any atom is -0.313 e. The number of sulfonamides is 1. The van der Waals surface area contributed by atoms with Gasteiger partial charge in [0.1, 0.15) is 0 Å². The van der Waals surface area contributed by atoms with Crippen LogP contribution >= 0.6 is 11.6 Å². The maximum atomic E-state index is 11.7. The Bertz CT molecular complexity index is 579. The molecule has 118 valence electrons. The molecule has 0 spiro atoms. The second-order valence-corrected chi connectivity index (χ2v) is 7.99. The van der Waals surface area contributed by atoms with E-state index in [0.717, 1.165) is 24.8 Å². The summed E-state index contributed by atoms with van der Waals surface area (Å²) in [6, 6.07) is 2.03. The lowest BCUT2D eigenvalue weighted by atomic mass is 9.90. The van der Waals surface area contributed by atoms with Crippen LogP contribution in [0, 0.1) is 5.92 Å². The maximum Gasteiger partial charge on any atom is 0.211 e. The van der Waals surface area contributed by atoms with E-state index >= 15 is 0 Å². The van der Waals surface area contributed by atoms with Gasteiger partial charge in [0.2, 0.25) is 10.0 Å². The monoisotopic (exact) mass is 331 g/mol. The smallest absolute Gasteiger partial charge is 0.211 e. The Morgan fingerprint density at radius 1 is 1.57 bits per heavy atom. The van der Waals surface area contributed by atoms with E-state index in [1.165, 1.54) is 6.26 Å². The first-order valence-corrected chi connectivity index (χ1v) is 9.36. The minimum absolute atomic E-state index is 0.116. The van der Waals surface area contributed by atoms with Crippen LogP contribution in [0.15, 0.2) is 18.5 Å². The minimum atomic E-state index is -3.10. The van der Waals surface area contributed by atoms with E-state index in [1.54, 1.807) is 16.7 Å². The topological polar surface area (TPSA) is 62.3 Å².